The number of likely N-dealkylation sites (tertiary alicyclic amines) is 1. The minimum absolute atomic E-state index is 0.109. The third-order valence-corrected chi connectivity index (χ3v) is 3.06. The van der Waals surface area contributed by atoms with Crippen molar-refractivity contribution in [1.82, 2.24) is 10.2 Å². The van der Waals surface area contributed by atoms with Crippen molar-refractivity contribution in [3.63, 3.8) is 0 Å². The number of aliphatic hydroxyl groups excluding tert-OH is 1. The number of hydrogen-bond donors (Lipinski definition) is 2. The van der Waals surface area contributed by atoms with Gasteiger partial charge in [0.15, 0.2) is 0 Å². The molecule has 2 atom stereocenters. The summed E-state index contributed by atoms with van der Waals surface area (Å²) in [6, 6.07) is 0. The first-order valence-corrected chi connectivity index (χ1v) is 5.51. The third-order valence-electron chi connectivity index (χ3n) is 3.06. The highest BCUT2D eigenvalue weighted by atomic mass is 16.5. The second-order valence-corrected chi connectivity index (χ2v) is 4.16. The lowest BCUT2D eigenvalue weighted by molar-refractivity contribution is -0.136. The van der Waals surface area contributed by atoms with Gasteiger partial charge >= 0.3 is 0 Å². The molecule has 0 bridgehead atoms. The van der Waals surface area contributed by atoms with Crippen molar-refractivity contribution in [3.05, 3.63) is 0 Å². The van der Waals surface area contributed by atoms with Gasteiger partial charge in [0, 0.05) is 32.8 Å². The van der Waals surface area contributed by atoms with Crippen molar-refractivity contribution in [2.75, 3.05) is 32.8 Å². The van der Waals surface area contributed by atoms with Gasteiger partial charge in [-0.15, -0.1) is 0 Å². The van der Waals surface area contributed by atoms with E-state index < -0.39 is 6.10 Å². The quantitative estimate of drug-likeness (QED) is 0.620. The van der Waals surface area contributed by atoms with Crippen LogP contribution >= 0.6 is 0 Å². The second-order valence-electron chi connectivity index (χ2n) is 4.16. The monoisotopic (exact) mass is 214 g/mol. The van der Waals surface area contributed by atoms with Crippen molar-refractivity contribution < 1.29 is 14.6 Å². The van der Waals surface area contributed by atoms with Crippen molar-refractivity contribution in [2.24, 2.45) is 5.92 Å². The van der Waals surface area contributed by atoms with Crippen LogP contribution in [0.3, 0.4) is 0 Å². The van der Waals surface area contributed by atoms with Crippen LogP contribution in [0.25, 0.3) is 0 Å². The number of carbonyl (C=O) groups excluding carboxylic acids is 1. The minimum atomic E-state index is -0.526. The Hall–Kier alpha value is -0.650. The molecule has 2 aliphatic rings. The van der Waals surface area contributed by atoms with Crippen molar-refractivity contribution in [2.45, 2.75) is 19.1 Å². The van der Waals surface area contributed by atoms with Gasteiger partial charge in [-0.1, -0.05) is 0 Å². The average molecular weight is 214 g/mol. The van der Waals surface area contributed by atoms with Crippen LogP contribution in [0.2, 0.25) is 0 Å². The number of ether oxygens (including phenoxy) is 1. The molecule has 0 saturated carbocycles. The molecule has 0 aromatic heterocycles. The van der Waals surface area contributed by atoms with Crippen LogP contribution < -0.4 is 5.32 Å². The summed E-state index contributed by atoms with van der Waals surface area (Å²) in [5, 5.41) is 12.7. The Kier molecular flexibility index (Phi) is 3.23. The molecule has 0 aromatic carbocycles. The van der Waals surface area contributed by atoms with Crippen LogP contribution in [0.4, 0.5) is 0 Å². The first-order valence-electron chi connectivity index (χ1n) is 5.51. The molecule has 2 rings (SSSR count). The highest BCUT2D eigenvalue weighted by Crippen LogP contribution is 2.17. The van der Waals surface area contributed by atoms with Gasteiger partial charge < -0.3 is 20.1 Å². The molecular formula is C10H18N2O3. The van der Waals surface area contributed by atoms with Crippen molar-refractivity contribution >= 4 is 5.91 Å². The fraction of sp³-hybridized carbons (Fsp3) is 0.900. The van der Waals surface area contributed by atoms with E-state index in [0.717, 1.165) is 13.1 Å². The summed E-state index contributed by atoms with van der Waals surface area (Å²) in [4.78, 5) is 13.6. The van der Waals surface area contributed by atoms with E-state index in [4.69, 9.17) is 4.74 Å². The van der Waals surface area contributed by atoms with Gasteiger partial charge in [-0.2, -0.15) is 0 Å². The molecule has 2 aliphatic heterocycles. The van der Waals surface area contributed by atoms with Crippen molar-refractivity contribution in [3.8, 4) is 0 Å². The van der Waals surface area contributed by atoms with Gasteiger partial charge in [-0.3, -0.25) is 4.79 Å². The number of nitrogens with zero attached hydrogens (tertiary/aromatic N) is 1. The Bertz CT molecular complexity index is 243. The number of aliphatic hydroxyl groups is 1. The summed E-state index contributed by atoms with van der Waals surface area (Å²) in [5.74, 6) is 0.257. The molecule has 86 valence electrons. The molecule has 5 nitrogen and oxygen atoms in total. The van der Waals surface area contributed by atoms with Crippen molar-refractivity contribution in [1.29, 1.82) is 0 Å². The first kappa shape index (κ1) is 10.9. The van der Waals surface area contributed by atoms with Crippen LogP contribution in [0.15, 0.2) is 0 Å². The Labute approximate surface area is 89.4 Å². The zero-order valence-electron chi connectivity index (χ0n) is 8.98. The summed E-state index contributed by atoms with van der Waals surface area (Å²) in [7, 11) is 0. The SMILES string of the molecule is CCOC1CN(C(=O)C2CNC2)CC1O. The lowest BCUT2D eigenvalue weighted by Crippen LogP contribution is -2.51. The third kappa shape index (κ3) is 2.14. The molecule has 2 N–H and O–H groups in total. The normalized spacial score (nSPS) is 31.7. The molecule has 0 aromatic rings. The summed E-state index contributed by atoms with van der Waals surface area (Å²) in [5.41, 5.74) is 0. The maximum absolute atomic E-state index is 11.8. The van der Waals surface area contributed by atoms with E-state index in [-0.39, 0.29) is 17.9 Å². The molecular weight excluding hydrogens is 196 g/mol. The maximum Gasteiger partial charge on any atom is 0.228 e. The Morgan fingerprint density at radius 3 is 2.80 bits per heavy atom. The molecule has 2 fully saturated rings. The van der Waals surface area contributed by atoms with E-state index >= 15 is 0 Å². The predicted molar refractivity (Wildman–Crippen MR) is 54.4 cm³/mol. The highest BCUT2D eigenvalue weighted by molar-refractivity contribution is 5.80. The first-order chi connectivity index (χ1) is 7.22. The van der Waals surface area contributed by atoms with Crippen LogP contribution in [-0.4, -0.2) is 60.9 Å². The molecule has 0 aliphatic carbocycles. The minimum Gasteiger partial charge on any atom is -0.388 e. The number of amides is 1. The van der Waals surface area contributed by atoms with Gasteiger partial charge in [0.2, 0.25) is 5.91 Å². The topological polar surface area (TPSA) is 61.8 Å². The molecule has 0 spiro atoms. The molecule has 15 heavy (non-hydrogen) atoms. The molecule has 5 heteroatoms. The lowest BCUT2D eigenvalue weighted by atomic mass is 10.0. The fourth-order valence-electron chi connectivity index (χ4n) is 2.04. The molecule has 2 unspecified atom stereocenters. The molecule has 0 radical (unpaired) electrons. The summed E-state index contributed by atoms with van der Waals surface area (Å²) >= 11 is 0. The fourth-order valence-corrected chi connectivity index (χ4v) is 2.04. The Morgan fingerprint density at radius 2 is 2.27 bits per heavy atom. The number of rotatable bonds is 3. The van der Waals surface area contributed by atoms with E-state index in [1.165, 1.54) is 0 Å². The Balaban J connectivity index is 1.87. The Morgan fingerprint density at radius 1 is 1.53 bits per heavy atom. The molecule has 2 saturated heterocycles. The summed E-state index contributed by atoms with van der Waals surface area (Å²) < 4.78 is 5.37. The average Bonchev–Trinajstić information content (AvgIpc) is 2.46. The van der Waals surface area contributed by atoms with Gasteiger partial charge in [-0.25, -0.2) is 0 Å². The van der Waals surface area contributed by atoms with E-state index in [2.05, 4.69) is 5.32 Å². The standard InChI is InChI=1S/C10H18N2O3/c1-2-15-9-6-12(5-8(9)13)10(14)7-3-11-4-7/h7-9,11,13H,2-6H2,1H3. The van der Waals surface area contributed by atoms with Gasteiger partial charge in [0.1, 0.15) is 6.10 Å². The van der Waals surface area contributed by atoms with Gasteiger partial charge in [0.05, 0.1) is 12.0 Å². The lowest BCUT2D eigenvalue weighted by Gasteiger charge is -2.30. The van der Waals surface area contributed by atoms with Crippen LogP contribution in [0.1, 0.15) is 6.92 Å². The van der Waals surface area contributed by atoms with E-state index in [9.17, 15) is 9.90 Å². The smallest absolute Gasteiger partial charge is 0.228 e. The molecule has 1 amide bonds. The number of hydrogen-bond acceptors (Lipinski definition) is 4. The van der Waals surface area contributed by atoms with Gasteiger partial charge in [-0.05, 0) is 6.92 Å². The van der Waals surface area contributed by atoms with E-state index in [1.807, 2.05) is 6.92 Å². The molecule has 2 heterocycles. The zero-order chi connectivity index (χ0) is 10.8. The second kappa shape index (κ2) is 4.47. The number of β-amino-alcohol motifs (C(OH)–C–C–N with tert-alkyl or cyclic N) is 1. The zero-order valence-corrected chi connectivity index (χ0v) is 8.98. The van der Waals surface area contributed by atoms with E-state index in [0.29, 0.717) is 19.7 Å². The van der Waals surface area contributed by atoms with Crippen LogP contribution in [0, 0.1) is 5.92 Å². The number of nitrogens with one attached hydrogen (secondary N) is 1. The van der Waals surface area contributed by atoms with Crippen LogP contribution in [0.5, 0.6) is 0 Å². The maximum atomic E-state index is 11.8. The van der Waals surface area contributed by atoms with Crippen LogP contribution in [-0.2, 0) is 9.53 Å². The summed E-state index contributed by atoms with van der Waals surface area (Å²) in [6.45, 7) is 4.96. The van der Waals surface area contributed by atoms with Gasteiger partial charge in [0.25, 0.3) is 0 Å². The largest absolute Gasteiger partial charge is 0.388 e. The predicted octanol–water partition coefficient (Wildman–Crippen LogP) is -1.19. The summed E-state index contributed by atoms with van der Waals surface area (Å²) in [6.07, 6.45) is -0.728. The number of carbonyl (C=O) groups is 1. The highest BCUT2D eigenvalue weighted by Gasteiger charge is 2.38. The van der Waals surface area contributed by atoms with E-state index in [1.54, 1.807) is 4.90 Å².